The van der Waals surface area contributed by atoms with Crippen molar-refractivity contribution >= 4 is 5.97 Å². The maximum absolute atomic E-state index is 11.7. The lowest BCUT2D eigenvalue weighted by Crippen LogP contribution is -2.46. The molecule has 1 aliphatic heterocycles. The molecule has 15 heavy (non-hydrogen) atoms. The van der Waals surface area contributed by atoms with Crippen LogP contribution in [0, 0.1) is 0 Å². The van der Waals surface area contributed by atoms with Gasteiger partial charge in [-0.05, 0) is 40.2 Å². The normalized spacial score (nSPS) is 23.9. The van der Waals surface area contributed by atoms with Gasteiger partial charge >= 0.3 is 5.97 Å². The van der Waals surface area contributed by atoms with Crippen molar-refractivity contribution in [2.24, 2.45) is 5.90 Å². The molecule has 0 radical (unpaired) electrons. The van der Waals surface area contributed by atoms with E-state index in [9.17, 15) is 4.79 Å². The van der Waals surface area contributed by atoms with Gasteiger partial charge < -0.3 is 10.1 Å². The van der Waals surface area contributed by atoms with Crippen LogP contribution in [0.3, 0.4) is 0 Å². The van der Waals surface area contributed by atoms with Crippen LogP contribution in [-0.4, -0.2) is 30.3 Å². The predicted molar refractivity (Wildman–Crippen MR) is 55.9 cm³/mol. The first-order valence-electron chi connectivity index (χ1n) is 5.26. The van der Waals surface area contributed by atoms with Gasteiger partial charge in [-0.15, -0.1) is 0 Å². The Bertz CT molecular complexity index is 219. The average Bonchev–Trinajstić information content (AvgIpc) is 2.54. The van der Waals surface area contributed by atoms with Crippen molar-refractivity contribution in [3.05, 3.63) is 0 Å². The zero-order valence-corrected chi connectivity index (χ0v) is 9.58. The third kappa shape index (κ3) is 3.77. The number of nitrogens with one attached hydrogen (secondary N) is 1. The van der Waals surface area contributed by atoms with Crippen molar-refractivity contribution in [1.82, 2.24) is 5.32 Å². The molecular weight excluding hydrogens is 196 g/mol. The van der Waals surface area contributed by atoms with Crippen LogP contribution in [0.1, 0.15) is 33.6 Å². The van der Waals surface area contributed by atoms with Crippen LogP contribution in [0.25, 0.3) is 0 Å². The predicted octanol–water partition coefficient (Wildman–Crippen LogP) is 0.339. The SMILES string of the molecule is CC(C)(C)OC(=O)[C@H](ON)C1CCCN1. The second kappa shape index (κ2) is 4.92. The molecule has 3 N–H and O–H groups in total. The highest BCUT2D eigenvalue weighted by atomic mass is 16.7. The zero-order chi connectivity index (χ0) is 11.5. The summed E-state index contributed by atoms with van der Waals surface area (Å²) in [5.41, 5.74) is -0.507. The molecule has 88 valence electrons. The minimum absolute atomic E-state index is 0.0233. The molecule has 0 aromatic carbocycles. The largest absolute Gasteiger partial charge is 0.458 e. The summed E-state index contributed by atoms with van der Waals surface area (Å²) >= 11 is 0. The molecule has 0 aromatic rings. The first-order chi connectivity index (χ1) is 6.94. The summed E-state index contributed by atoms with van der Waals surface area (Å²) in [6.07, 6.45) is 1.22. The third-order valence-corrected chi connectivity index (χ3v) is 2.25. The molecule has 0 amide bonds. The van der Waals surface area contributed by atoms with Gasteiger partial charge in [0.2, 0.25) is 0 Å². The van der Waals surface area contributed by atoms with E-state index in [0.29, 0.717) is 0 Å². The fourth-order valence-corrected chi connectivity index (χ4v) is 1.64. The summed E-state index contributed by atoms with van der Waals surface area (Å²) in [5, 5.41) is 3.17. The fraction of sp³-hybridized carbons (Fsp3) is 0.900. The topological polar surface area (TPSA) is 73.6 Å². The van der Waals surface area contributed by atoms with Crippen molar-refractivity contribution in [3.8, 4) is 0 Å². The molecule has 1 aliphatic rings. The van der Waals surface area contributed by atoms with Gasteiger partial charge in [-0.25, -0.2) is 10.7 Å². The first-order valence-corrected chi connectivity index (χ1v) is 5.26. The molecule has 1 unspecified atom stereocenters. The van der Waals surface area contributed by atoms with Crippen molar-refractivity contribution in [1.29, 1.82) is 0 Å². The summed E-state index contributed by atoms with van der Waals surface area (Å²) < 4.78 is 5.22. The first kappa shape index (κ1) is 12.4. The van der Waals surface area contributed by atoms with Crippen molar-refractivity contribution in [2.75, 3.05) is 6.54 Å². The van der Waals surface area contributed by atoms with Crippen molar-refractivity contribution in [3.63, 3.8) is 0 Å². The maximum atomic E-state index is 11.7. The molecule has 0 saturated carbocycles. The quantitative estimate of drug-likeness (QED) is 0.525. The van der Waals surface area contributed by atoms with Crippen LogP contribution in [0.4, 0.5) is 0 Å². The summed E-state index contributed by atoms with van der Waals surface area (Å²) in [4.78, 5) is 16.4. The van der Waals surface area contributed by atoms with E-state index in [1.807, 2.05) is 20.8 Å². The molecule has 5 nitrogen and oxygen atoms in total. The van der Waals surface area contributed by atoms with E-state index in [0.717, 1.165) is 19.4 Å². The average molecular weight is 216 g/mol. The lowest BCUT2D eigenvalue weighted by Gasteiger charge is -2.25. The Morgan fingerprint density at radius 3 is 2.60 bits per heavy atom. The lowest BCUT2D eigenvalue weighted by molar-refractivity contribution is -0.170. The number of ether oxygens (including phenoxy) is 1. The molecule has 0 aliphatic carbocycles. The zero-order valence-electron chi connectivity index (χ0n) is 9.58. The molecule has 1 rings (SSSR count). The smallest absolute Gasteiger partial charge is 0.339 e. The number of rotatable bonds is 3. The Kier molecular flexibility index (Phi) is 4.07. The lowest BCUT2D eigenvalue weighted by atomic mass is 10.1. The summed E-state index contributed by atoms with van der Waals surface area (Å²) in [7, 11) is 0. The Morgan fingerprint density at radius 1 is 1.53 bits per heavy atom. The minimum Gasteiger partial charge on any atom is -0.458 e. The third-order valence-electron chi connectivity index (χ3n) is 2.25. The van der Waals surface area contributed by atoms with E-state index < -0.39 is 17.7 Å². The van der Waals surface area contributed by atoms with E-state index in [-0.39, 0.29) is 6.04 Å². The van der Waals surface area contributed by atoms with Gasteiger partial charge in [0, 0.05) is 6.04 Å². The highest BCUT2D eigenvalue weighted by Gasteiger charge is 2.34. The van der Waals surface area contributed by atoms with Gasteiger partial charge in [0.1, 0.15) is 5.60 Å². The van der Waals surface area contributed by atoms with Crippen molar-refractivity contribution < 1.29 is 14.4 Å². The number of carbonyl (C=O) groups excluding carboxylic acids is 1. The summed E-state index contributed by atoms with van der Waals surface area (Å²) in [5.74, 6) is 4.73. The number of hydrogen-bond acceptors (Lipinski definition) is 5. The Morgan fingerprint density at radius 2 is 2.20 bits per heavy atom. The highest BCUT2D eigenvalue weighted by Crippen LogP contribution is 2.15. The van der Waals surface area contributed by atoms with Gasteiger partial charge in [0.05, 0.1) is 0 Å². The van der Waals surface area contributed by atoms with Crippen LogP contribution in [0.15, 0.2) is 0 Å². The second-order valence-electron chi connectivity index (χ2n) is 4.79. The minimum atomic E-state index is -0.702. The van der Waals surface area contributed by atoms with Gasteiger partial charge in [0.15, 0.2) is 6.10 Å². The van der Waals surface area contributed by atoms with Crippen molar-refractivity contribution in [2.45, 2.75) is 51.4 Å². The Hall–Kier alpha value is -0.650. The maximum Gasteiger partial charge on any atom is 0.339 e. The van der Waals surface area contributed by atoms with Crippen LogP contribution in [-0.2, 0) is 14.4 Å². The molecule has 1 saturated heterocycles. The monoisotopic (exact) mass is 216 g/mol. The van der Waals surface area contributed by atoms with Gasteiger partial charge in [-0.1, -0.05) is 0 Å². The van der Waals surface area contributed by atoms with E-state index in [1.54, 1.807) is 0 Å². The second-order valence-corrected chi connectivity index (χ2v) is 4.79. The van der Waals surface area contributed by atoms with Gasteiger partial charge in [-0.3, -0.25) is 4.84 Å². The molecule has 0 bridgehead atoms. The van der Waals surface area contributed by atoms with E-state index in [4.69, 9.17) is 15.5 Å². The van der Waals surface area contributed by atoms with Gasteiger partial charge in [-0.2, -0.15) is 0 Å². The molecule has 1 fully saturated rings. The molecule has 0 spiro atoms. The Balaban J connectivity index is 2.53. The molecular formula is C10H20N2O3. The van der Waals surface area contributed by atoms with Crippen LogP contribution < -0.4 is 11.2 Å². The van der Waals surface area contributed by atoms with Crippen LogP contribution in [0.2, 0.25) is 0 Å². The molecule has 2 atom stereocenters. The van der Waals surface area contributed by atoms with E-state index in [1.165, 1.54) is 0 Å². The number of nitrogens with two attached hydrogens (primary N) is 1. The van der Waals surface area contributed by atoms with Crippen LogP contribution >= 0.6 is 0 Å². The van der Waals surface area contributed by atoms with E-state index in [2.05, 4.69) is 5.32 Å². The van der Waals surface area contributed by atoms with E-state index >= 15 is 0 Å². The standard InChI is InChI=1S/C10H20N2O3/c1-10(2,3)14-9(13)8(15-11)7-5-4-6-12-7/h7-8,12H,4-6,11H2,1-3H3/t7?,8-/m1/s1. The summed E-state index contributed by atoms with van der Waals surface area (Å²) in [6.45, 7) is 6.36. The van der Waals surface area contributed by atoms with Crippen LogP contribution in [0.5, 0.6) is 0 Å². The molecule has 5 heteroatoms. The summed E-state index contributed by atoms with van der Waals surface area (Å²) in [6, 6.07) is -0.0233. The number of hydrogen-bond donors (Lipinski definition) is 2. The fourth-order valence-electron chi connectivity index (χ4n) is 1.64. The number of carbonyl (C=O) groups is 1. The molecule has 0 aromatic heterocycles. The Labute approximate surface area is 90.3 Å². The highest BCUT2D eigenvalue weighted by molar-refractivity contribution is 5.76. The number of esters is 1. The molecule has 1 heterocycles. The van der Waals surface area contributed by atoms with Gasteiger partial charge in [0.25, 0.3) is 0 Å².